The van der Waals surface area contributed by atoms with Gasteiger partial charge in [-0.1, -0.05) is 54.6 Å². The third kappa shape index (κ3) is 5.67. The third-order valence-corrected chi connectivity index (χ3v) is 4.64. The molecule has 0 spiro atoms. The average Bonchev–Trinajstić information content (AvgIpc) is 3.28. The summed E-state index contributed by atoms with van der Waals surface area (Å²) < 4.78 is 37.8. The number of hydrazone groups is 1. The van der Waals surface area contributed by atoms with Gasteiger partial charge in [-0.3, -0.25) is 4.79 Å². The van der Waals surface area contributed by atoms with Gasteiger partial charge in [0.1, 0.15) is 0 Å². The predicted octanol–water partition coefficient (Wildman–Crippen LogP) is 4.17. The molecule has 0 bridgehead atoms. The number of nitrogens with zero attached hydrogens (tertiary/aromatic N) is 5. The zero-order valence-electron chi connectivity index (χ0n) is 17.1. The second-order valence-electron chi connectivity index (χ2n) is 7.03. The smallest absolute Gasteiger partial charge is 0.267 e. The van der Waals surface area contributed by atoms with E-state index in [2.05, 4.69) is 25.9 Å². The lowest BCUT2D eigenvalue weighted by atomic mass is 10.1. The molecule has 0 atom stereocenters. The molecule has 0 aliphatic heterocycles. The molecule has 7 nitrogen and oxygen atoms in total. The number of alkyl halides is 3. The van der Waals surface area contributed by atoms with E-state index in [1.807, 2.05) is 30.3 Å². The number of amides is 1. The second kappa shape index (κ2) is 9.43. The fourth-order valence-corrected chi connectivity index (χ4v) is 2.93. The van der Waals surface area contributed by atoms with E-state index in [0.717, 1.165) is 23.3 Å². The van der Waals surface area contributed by atoms with E-state index in [4.69, 9.17) is 0 Å². The number of hydrogen-bond donors (Lipinski definition) is 1. The zero-order chi connectivity index (χ0) is 23.3. The first kappa shape index (κ1) is 21.9. The van der Waals surface area contributed by atoms with Gasteiger partial charge < -0.3 is 0 Å². The number of hydrogen-bond acceptors (Lipinski definition) is 5. The first-order valence-corrected chi connectivity index (χ1v) is 9.81. The van der Waals surface area contributed by atoms with E-state index >= 15 is 0 Å². The molecule has 1 N–H and O–H groups in total. The Morgan fingerprint density at radius 1 is 0.970 bits per heavy atom. The van der Waals surface area contributed by atoms with Crippen LogP contribution in [-0.2, 0) is 12.7 Å². The molecule has 0 saturated carbocycles. The van der Waals surface area contributed by atoms with Crippen molar-refractivity contribution >= 4 is 12.1 Å². The molecule has 4 aromatic rings. The van der Waals surface area contributed by atoms with Crippen molar-refractivity contribution in [2.24, 2.45) is 5.10 Å². The number of rotatable bonds is 6. The van der Waals surface area contributed by atoms with Crippen molar-refractivity contribution in [3.8, 4) is 11.4 Å². The topological polar surface area (TPSA) is 85.1 Å². The Morgan fingerprint density at radius 3 is 2.33 bits per heavy atom. The lowest BCUT2D eigenvalue weighted by Gasteiger charge is -2.05. The van der Waals surface area contributed by atoms with Crippen LogP contribution in [0.15, 0.2) is 84.0 Å². The molecule has 1 heterocycles. The number of tetrazole rings is 1. The van der Waals surface area contributed by atoms with Gasteiger partial charge in [-0.15, -0.1) is 10.2 Å². The van der Waals surface area contributed by atoms with Crippen LogP contribution in [0.5, 0.6) is 0 Å². The van der Waals surface area contributed by atoms with E-state index in [-0.39, 0.29) is 0 Å². The summed E-state index contributed by atoms with van der Waals surface area (Å²) in [6.07, 6.45) is -3.13. The maximum Gasteiger partial charge on any atom is 0.416 e. The van der Waals surface area contributed by atoms with Crippen LogP contribution in [0.1, 0.15) is 27.0 Å². The molecule has 166 valence electrons. The molecule has 3 aromatic carbocycles. The van der Waals surface area contributed by atoms with E-state index in [1.54, 1.807) is 24.3 Å². The number of carbonyl (C=O) groups is 1. The molecular formula is C23H17F3N6O. The SMILES string of the molecule is O=C(NN=Cc1ccc(C(F)(F)F)cc1)c1ccc(Cn2nnc(-c3ccccc3)n2)cc1. The van der Waals surface area contributed by atoms with Crippen LogP contribution in [0.2, 0.25) is 0 Å². The van der Waals surface area contributed by atoms with E-state index in [0.29, 0.717) is 23.5 Å². The zero-order valence-corrected chi connectivity index (χ0v) is 17.1. The Labute approximate surface area is 186 Å². The molecule has 0 unspecified atom stereocenters. The number of benzene rings is 3. The summed E-state index contributed by atoms with van der Waals surface area (Å²) in [5.74, 6) is 0.0764. The van der Waals surface area contributed by atoms with Gasteiger partial charge in [-0.2, -0.15) is 23.1 Å². The predicted molar refractivity (Wildman–Crippen MR) is 115 cm³/mol. The number of carbonyl (C=O) groups excluding carboxylic acids is 1. The number of aromatic nitrogens is 4. The standard InChI is InChI=1S/C23H17F3N6O/c24-23(25,26)20-12-8-16(9-13-20)14-27-29-22(33)19-10-6-17(7-11-19)15-32-30-21(28-31-32)18-4-2-1-3-5-18/h1-14H,15H2,(H,29,33). The summed E-state index contributed by atoms with van der Waals surface area (Å²) in [6.45, 7) is 0.383. The first-order chi connectivity index (χ1) is 15.9. The first-order valence-electron chi connectivity index (χ1n) is 9.81. The van der Waals surface area contributed by atoms with Crippen LogP contribution in [0.4, 0.5) is 13.2 Å². The summed E-state index contributed by atoms with van der Waals surface area (Å²) in [7, 11) is 0. The normalized spacial score (nSPS) is 11.6. The minimum Gasteiger partial charge on any atom is -0.267 e. The van der Waals surface area contributed by atoms with Crippen molar-refractivity contribution in [3.05, 3.63) is 101 Å². The van der Waals surface area contributed by atoms with Gasteiger partial charge in [0.15, 0.2) is 0 Å². The highest BCUT2D eigenvalue weighted by Gasteiger charge is 2.29. The highest BCUT2D eigenvalue weighted by molar-refractivity contribution is 5.94. The average molecular weight is 450 g/mol. The van der Waals surface area contributed by atoms with Gasteiger partial charge in [0.05, 0.1) is 18.3 Å². The molecule has 33 heavy (non-hydrogen) atoms. The van der Waals surface area contributed by atoms with Gasteiger partial charge >= 0.3 is 6.18 Å². The molecule has 0 fully saturated rings. The second-order valence-corrected chi connectivity index (χ2v) is 7.03. The maximum absolute atomic E-state index is 12.6. The molecular weight excluding hydrogens is 433 g/mol. The van der Waals surface area contributed by atoms with Gasteiger partial charge in [-0.05, 0) is 40.6 Å². The van der Waals surface area contributed by atoms with Crippen molar-refractivity contribution < 1.29 is 18.0 Å². The van der Waals surface area contributed by atoms with Crippen LogP contribution in [0.25, 0.3) is 11.4 Å². The summed E-state index contributed by atoms with van der Waals surface area (Å²) in [5.41, 5.74) is 4.14. The number of halogens is 3. The van der Waals surface area contributed by atoms with Crippen LogP contribution in [0, 0.1) is 0 Å². The Morgan fingerprint density at radius 2 is 1.67 bits per heavy atom. The lowest BCUT2D eigenvalue weighted by molar-refractivity contribution is -0.137. The molecule has 0 aliphatic carbocycles. The summed E-state index contributed by atoms with van der Waals surface area (Å²) in [6, 6.07) is 20.7. The lowest BCUT2D eigenvalue weighted by Crippen LogP contribution is -2.17. The fourth-order valence-electron chi connectivity index (χ4n) is 2.93. The summed E-state index contributed by atoms with van der Waals surface area (Å²) >= 11 is 0. The van der Waals surface area contributed by atoms with E-state index in [1.165, 1.54) is 23.1 Å². The van der Waals surface area contributed by atoms with Crippen molar-refractivity contribution in [1.29, 1.82) is 0 Å². The molecule has 0 aliphatic rings. The maximum atomic E-state index is 12.6. The van der Waals surface area contributed by atoms with Gasteiger partial charge in [0, 0.05) is 11.1 Å². The third-order valence-electron chi connectivity index (χ3n) is 4.64. The molecule has 1 amide bonds. The van der Waals surface area contributed by atoms with Gasteiger partial charge in [0.2, 0.25) is 5.82 Å². The Kier molecular flexibility index (Phi) is 6.25. The van der Waals surface area contributed by atoms with Crippen LogP contribution in [-0.4, -0.2) is 32.3 Å². The number of nitrogens with one attached hydrogen (secondary N) is 1. The summed E-state index contributed by atoms with van der Waals surface area (Å²) in [5, 5.41) is 16.2. The molecule has 10 heteroatoms. The molecule has 1 aromatic heterocycles. The Hall–Kier alpha value is -4.34. The highest BCUT2D eigenvalue weighted by Crippen LogP contribution is 2.28. The van der Waals surface area contributed by atoms with Crippen molar-refractivity contribution in [2.45, 2.75) is 12.7 Å². The highest BCUT2D eigenvalue weighted by atomic mass is 19.4. The minimum atomic E-state index is -4.40. The van der Waals surface area contributed by atoms with Crippen molar-refractivity contribution in [3.63, 3.8) is 0 Å². The van der Waals surface area contributed by atoms with Crippen LogP contribution >= 0.6 is 0 Å². The fraction of sp³-hybridized carbons (Fsp3) is 0.0870. The van der Waals surface area contributed by atoms with Gasteiger partial charge in [-0.25, -0.2) is 5.43 Å². The summed E-state index contributed by atoms with van der Waals surface area (Å²) in [4.78, 5) is 13.7. The monoisotopic (exact) mass is 450 g/mol. The molecule has 0 radical (unpaired) electrons. The molecule has 0 saturated heterocycles. The van der Waals surface area contributed by atoms with E-state index < -0.39 is 17.6 Å². The van der Waals surface area contributed by atoms with Crippen molar-refractivity contribution in [2.75, 3.05) is 0 Å². The largest absolute Gasteiger partial charge is 0.416 e. The van der Waals surface area contributed by atoms with Crippen molar-refractivity contribution in [1.82, 2.24) is 25.6 Å². The molecule has 4 rings (SSSR count). The minimum absolute atomic E-state index is 0.375. The van der Waals surface area contributed by atoms with Crippen LogP contribution < -0.4 is 5.43 Å². The Bertz CT molecular complexity index is 1250. The Balaban J connectivity index is 1.33. The van der Waals surface area contributed by atoms with E-state index in [9.17, 15) is 18.0 Å². The van der Waals surface area contributed by atoms with Gasteiger partial charge in [0.25, 0.3) is 5.91 Å². The van der Waals surface area contributed by atoms with Crippen LogP contribution in [0.3, 0.4) is 0 Å². The quantitative estimate of drug-likeness (QED) is 0.353.